The number of hydrogen-bond acceptors (Lipinski definition) is 7. The SMILES string of the molecule is COc1ccc(OC)c(NC(=O)[C@H]2CCCN(S(=O)(=O)c3cc4c(cc3C)NC(=O)[C@H](C)O4)C2)c1. The number of carbonyl (C=O) groups is 2. The zero-order valence-electron chi connectivity index (χ0n) is 20.1. The zero-order valence-corrected chi connectivity index (χ0v) is 20.9. The summed E-state index contributed by atoms with van der Waals surface area (Å²) < 4.78 is 44.6. The first kappa shape index (κ1) is 24.8. The van der Waals surface area contributed by atoms with E-state index in [1.807, 2.05) is 0 Å². The van der Waals surface area contributed by atoms with Crippen LogP contribution < -0.4 is 24.8 Å². The predicted octanol–water partition coefficient (Wildman–Crippen LogP) is 2.77. The molecule has 2 aromatic rings. The minimum Gasteiger partial charge on any atom is -0.497 e. The van der Waals surface area contributed by atoms with E-state index in [9.17, 15) is 18.0 Å². The fourth-order valence-electron chi connectivity index (χ4n) is 4.28. The van der Waals surface area contributed by atoms with Crippen molar-refractivity contribution in [3.05, 3.63) is 35.9 Å². The Morgan fingerprint density at radius 1 is 1.20 bits per heavy atom. The van der Waals surface area contributed by atoms with E-state index in [0.29, 0.717) is 53.6 Å². The molecule has 10 nitrogen and oxygen atoms in total. The van der Waals surface area contributed by atoms with Crippen LogP contribution in [-0.4, -0.2) is 58.0 Å². The predicted molar refractivity (Wildman–Crippen MR) is 130 cm³/mol. The van der Waals surface area contributed by atoms with E-state index in [-0.39, 0.29) is 23.3 Å². The van der Waals surface area contributed by atoms with Gasteiger partial charge in [0.05, 0.1) is 36.4 Å². The lowest BCUT2D eigenvalue weighted by atomic mass is 9.98. The molecule has 1 saturated heterocycles. The van der Waals surface area contributed by atoms with E-state index in [1.54, 1.807) is 38.1 Å². The topological polar surface area (TPSA) is 123 Å². The van der Waals surface area contributed by atoms with Gasteiger partial charge < -0.3 is 24.8 Å². The molecule has 35 heavy (non-hydrogen) atoms. The number of methoxy groups -OCH3 is 2. The molecule has 0 spiro atoms. The lowest BCUT2D eigenvalue weighted by Crippen LogP contribution is -2.44. The average Bonchev–Trinajstić information content (AvgIpc) is 2.84. The molecule has 2 amide bonds. The van der Waals surface area contributed by atoms with E-state index in [1.165, 1.54) is 24.6 Å². The van der Waals surface area contributed by atoms with E-state index in [2.05, 4.69) is 10.6 Å². The second-order valence-corrected chi connectivity index (χ2v) is 10.5. The minimum absolute atomic E-state index is 0.0466. The largest absolute Gasteiger partial charge is 0.497 e. The van der Waals surface area contributed by atoms with Crippen LogP contribution in [0, 0.1) is 12.8 Å². The van der Waals surface area contributed by atoms with Gasteiger partial charge in [-0.15, -0.1) is 0 Å². The van der Waals surface area contributed by atoms with Gasteiger partial charge in [0.15, 0.2) is 6.10 Å². The van der Waals surface area contributed by atoms with Crippen molar-refractivity contribution in [3.8, 4) is 17.2 Å². The molecule has 0 unspecified atom stereocenters. The molecule has 2 aliphatic rings. The number of ether oxygens (including phenoxy) is 3. The zero-order chi connectivity index (χ0) is 25.3. The lowest BCUT2D eigenvalue weighted by Gasteiger charge is -2.32. The van der Waals surface area contributed by atoms with Gasteiger partial charge in [-0.3, -0.25) is 9.59 Å². The number of nitrogens with one attached hydrogen (secondary N) is 2. The number of hydrogen-bond donors (Lipinski definition) is 2. The standard InChI is InChI=1S/C24H29N3O7S/c1-14-10-18-21(34-15(2)23(28)25-18)12-22(14)35(30,31)27-9-5-6-16(13-27)24(29)26-19-11-17(32-3)7-8-20(19)33-4/h7-8,10-12,15-16H,5-6,9,13H2,1-4H3,(H,25,28)(H,26,29)/t15-,16-/m0/s1. The molecule has 2 heterocycles. The first-order valence-corrected chi connectivity index (χ1v) is 12.7. The summed E-state index contributed by atoms with van der Waals surface area (Å²) >= 11 is 0. The molecule has 0 radical (unpaired) electrons. The summed E-state index contributed by atoms with van der Waals surface area (Å²) in [5.74, 6) is 0.221. The van der Waals surface area contributed by atoms with E-state index in [0.717, 1.165) is 0 Å². The Balaban J connectivity index is 1.55. The van der Waals surface area contributed by atoms with Gasteiger partial charge >= 0.3 is 0 Å². The molecular formula is C24H29N3O7S. The van der Waals surface area contributed by atoms with Crippen molar-refractivity contribution in [1.82, 2.24) is 4.31 Å². The van der Waals surface area contributed by atoms with Crippen molar-refractivity contribution in [1.29, 1.82) is 0 Å². The first-order valence-electron chi connectivity index (χ1n) is 11.3. The van der Waals surface area contributed by atoms with Crippen molar-refractivity contribution in [3.63, 3.8) is 0 Å². The second kappa shape index (κ2) is 9.74. The molecule has 0 aromatic heterocycles. The second-order valence-electron chi connectivity index (χ2n) is 8.62. The van der Waals surface area contributed by atoms with Crippen LogP contribution in [0.1, 0.15) is 25.3 Å². The maximum atomic E-state index is 13.6. The number of benzene rings is 2. The Bertz CT molecular complexity index is 1260. The average molecular weight is 504 g/mol. The van der Waals surface area contributed by atoms with Crippen LogP contribution in [0.15, 0.2) is 35.2 Å². The van der Waals surface area contributed by atoms with Crippen molar-refractivity contribution in [2.24, 2.45) is 5.92 Å². The van der Waals surface area contributed by atoms with Gasteiger partial charge in [0.2, 0.25) is 15.9 Å². The van der Waals surface area contributed by atoms with Crippen LogP contribution in [0.2, 0.25) is 0 Å². The number of aryl methyl sites for hydroxylation is 1. The number of rotatable bonds is 6. The van der Waals surface area contributed by atoms with Crippen LogP contribution >= 0.6 is 0 Å². The summed E-state index contributed by atoms with van der Waals surface area (Å²) in [7, 11) is -0.873. The number of amides is 2. The highest BCUT2D eigenvalue weighted by Gasteiger charge is 2.35. The molecule has 0 aliphatic carbocycles. The minimum atomic E-state index is -3.90. The molecule has 1 fully saturated rings. The maximum absolute atomic E-state index is 13.6. The van der Waals surface area contributed by atoms with E-state index >= 15 is 0 Å². The number of piperidine rings is 1. The van der Waals surface area contributed by atoms with Gasteiger partial charge in [-0.05, 0) is 50.5 Å². The van der Waals surface area contributed by atoms with Gasteiger partial charge in [-0.1, -0.05) is 0 Å². The summed E-state index contributed by atoms with van der Waals surface area (Å²) in [4.78, 5) is 25.1. The van der Waals surface area contributed by atoms with Crippen LogP contribution in [0.3, 0.4) is 0 Å². The number of nitrogens with zero attached hydrogens (tertiary/aromatic N) is 1. The van der Waals surface area contributed by atoms with Crippen molar-refractivity contribution < 1.29 is 32.2 Å². The number of carbonyl (C=O) groups excluding carboxylic acids is 2. The normalized spacial score (nSPS) is 20.3. The summed E-state index contributed by atoms with van der Waals surface area (Å²) in [6, 6.07) is 8.11. The maximum Gasteiger partial charge on any atom is 0.265 e. The van der Waals surface area contributed by atoms with Crippen molar-refractivity contribution >= 4 is 33.2 Å². The molecule has 188 valence electrons. The fourth-order valence-corrected chi connectivity index (χ4v) is 6.03. The third-order valence-corrected chi connectivity index (χ3v) is 8.25. The Hall–Kier alpha value is -3.31. The van der Waals surface area contributed by atoms with Crippen molar-refractivity contribution in [2.75, 3.05) is 37.9 Å². The van der Waals surface area contributed by atoms with Crippen molar-refractivity contribution in [2.45, 2.75) is 37.7 Å². The van der Waals surface area contributed by atoms with Gasteiger partial charge in [0.1, 0.15) is 17.2 Å². The molecule has 2 aromatic carbocycles. The molecule has 4 rings (SSSR count). The van der Waals surface area contributed by atoms with Gasteiger partial charge in [-0.25, -0.2) is 8.42 Å². The van der Waals surface area contributed by atoms with Gasteiger partial charge in [0, 0.05) is 25.2 Å². The molecule has 2 atom stereocenters. The highest BCUT2D eigenvalue weighted by Crippen LogP contribution is 2.36. The monoisotopic (exact) mass is 503 g/mol. The molecule has 11 heteroatoms. The summed E-state index contributed by atoms with van der Waals surface area (Å²) in [6.45, 7) is 3.61. The van der Waals surface area contributed by atoms with Crippen LogP contribution in [0.5, 0.6) is 17.2 Å². The quantitative estimate of drug-likeness (QED) is 0.621. The first-order chi connectivity index (χ1) is 16.6. The Kier molecular flexibility index (Phi) is 6.91. The van der Waals surface area contributed by atoms with Crippen LogP contribution in [0.25, 0.3) is 0 Å². The summed E-state index contributed by atoms with van der Waals surface area (Å²) in [5, 5.41) is 5.58. The number of fused-ring (bicyclic) bond motifs is 1. The van der Waals surface area contributed by atoms with Crippen LogP contribution in [0.4, 0.5) is 11.4 Å². The smallest absolute Gasteiger partial charge is 0.265 e. The lowest BCUT2D eigenvalue weighted by molar-refractivity contribution is -0.123. The molecule has 2 aliphatic heterocycles. The highest BCUT2D eigenvalue weighted by atomic mass is 32.2. The van der Waals surface area contributed by atoms with Gasteiger partial charge in [-0.2, -0.15) is 4.31 Å². The van der Waals surface area contributed by atoms with Crippen LogP contribution in [-0.2, 0) is 19.6 Å². The highest BCUT2D eigenvalue weighted by molar-refractivity contribution is 7.89. The fraction of sp³-hybridized carbons (Fsp3) is 0.417. The van der Waals surface area contributed by atoms with E-state index in [4.69, 9.17) is 14.2 Å². The Morgan fingerprint density at radius 2 is 1.97 bits per heavy atom. The Labute approximate surface area is 204 Å². The molecule has 0 saturated carbocycles. The Morgan fingerprint density at radius 3 is 2.69 bits per heavy atom. The van der Waals surface area contributed by atoms with Gasteiger partial charge in [0.25, 0.3) is 5.91 Å². The third kappa shape index (κ3) is 4.92. The summed E-state index contributed by atoms with van der Waals surface area (Å²) in [6.07, 6.45) is 0.373. The number of sulfonamides is 1. The number of anilines is 2. The molecule has 2 N–H and O–H groups in total. The molecule has 0 bridgehead atoms. The van der Waals surface area contributed by atoms with E-state index < -0.39 is 22.0 Å². The summed E-state index contributed by atoms with van der Waals surface area (Å²) in [5.41, 5.74) is 1.37. The third-order valence-electron chi connectivity index (χ3n) is 6.25. The molecular weight excluding hydrogens is 474 g/mol.